The molecule has 2 rings (SSSR count). The Kier molecular flexibility index (Phi) is 10.9. The molecule has 0 aromatic heterocycles. The number of hydrogen-bond donors (Lipinski definition) is 1. The van der Waals surface area contributed by atoms with Crippen LogP contribution in [0.5, 0.6) is 5.75 Å². The Morgan fingerprint density at radius 2 is 1.76 bits per heavy atom. The lowest BCUT2D eigenvalue weighted by Gasteiger charge is -2.21. The molecule has 6 heteroatoms. The maximum Gasteiger partial charge on any atom is 0.191 e. The average molecular weight is 460 g/mol. The van der Waals surface area contributed by atoms with Crippen molar-refractivity contribution in [2.24, 2.45) is 10.7 Å². The minimum absolute atomic E-state index is 0. The van der Waals surface area contributed by atoms with E-state index in [1.165, 1.54) is 25.7 Å². The number of likely N-dealkylation sites (tertiary alicyclic amines) is 1. The van der Waals surface area contributed by atoms with E-state index >= 15 is 0 Å². The molecule has 0 unspecified atom stereocenters. The number of hydrogen-bond acceptors (Lipinski definition) is 3. The van der Waals surface area contributed by atoms with E-state index in [0.717, 1.165) is 44.0 Å². The molecule has 5 nitrogen and oxygen atoms in total. The smallest absolute Gasteiger partial charge is 0.191 e. The zero-order valence-electron chi connectivity index (χ0n) is 15.6. The average Bonchev–Trinajstić information content (AvgIpc) is 2.87. The van der Waals surface area contributed by atoms with Gasteiger partial charge in [0.1, 0.15) is 5.75 Å². The van der Waals surface area contributed by atoms with E-state index in [4.69, 9.17) is 10.5 Å². The molecule has 1 aromatic rings. The highest BCUT2D eigenvalue weighted by molar-refractivity contribution is 14.0. The van der Waals surface area contributed by atoms with E-state index in [1.807, 2.05) is 12.1 Å². The van der Waals surface area contributed by atoms with Crippen molar-refractivity contribution in [1.29, 1.82) is 0 Å². The van der Waals surface area contributed by atoms with Crippen molar-refractivity contribution in [3.63, 3.8) is 0 Å². The van der Waals surface area contributed by atoms with Gasteiger partial charge in [-0.15, -0.1) is 24.0 Å². The second-order valence-electron chi connectivity index (χ2n) is 6.72. The standard InChI is InChI=1S/C19H32N4O.HI/c1-22(2)12-7-15-24-18-10-8-17(9-11-18)16-21-19(20)23-13-5-3-4-6-14-23;/h8-11H,3-7,12-16H2,1-2H3,(H2,20,21);1H. The molecule has 25 heavy (non-hydrogen) atoms. The fraction of sp³-hybridized carbons (Fsp3) is 0.632. The summed E-state index contributed by atoms with van der Waals surface area (Å²) in [6.07, 6.45) is 6.08. The first-order valence-corrected chi connectivity index (χ1v) is 9.06. The molecule has 0 bridgehead atoms. The van der Waals surface area contributed by atoms with Gasteiger partial charge in [-0.2, -0.15) is 0 Å². The summed E-state index contributed by atoms with van der Waals surface area (Å²) in [7, 11) is 4.15. The molecule has 1 saturated heterocycles. The fourth-order valence-corrected chi connectivity index (χ4v) is 2.83. The Bertz CT molecular complexity index is 497. The molecular weight excluding hydrogens is 427 g/mol. The highest BCUT2D eigenvalue weighted by atomic mass is 127. The van der Waals surface area contributed by atoms with Crippen molar-refractivity contribution < 1.29 is 4.74 Å². The molecule has 0 aliphatic carbocycles. The minimum atomic E-state index is 0. The number of benzene rings is 1. The zero-order chi connectivity index (χ0) is 17.2. The Morgan fingerprint density at radius 1 is 1.12 bits per heavy atom. The maximum atomic E-state index is 6.15. The molecule has 142 valence electrons. The third-order valence-corrected chi connectivity index (χ3v) is 4.30. The Hall–Kier alpha value is -1.02. The van der Waals surface area contributed by atoms with Gasteiger partial charge in [0.05, 0.1) is 13.2 Å². The molecular formula is C19H33IN4O. The van der Waals surface area contributed by atoms with Gasteiger partial charge < -0.3 is 20.3 Å². The molecule has 0 amide bonds. The second kappa shape index (κ2) is 12.4. The van der Waals surface area contributed by atoms with Gasteiger partial charge in [-0.3, -0.25) is 0 Å². The third-order valence-electron chi connectivity index (χ3n) is 4.30. The van der Waals surface area contributed by atoms with Crippen LogP contribution in [-0.4, -0.2) is 56.1 Å². The van der Waals surface area contributed by atoms with Gasteiger partial charge in [0.25, 0.3) is 0 Å². The van der Waals surface area contributed by atoms with Crippen LogP contribution in [0.3, 0.4) is 0 Å². The molecule has 0 radical (unpaired) electrons. The zero-order valence-corrected chi connectivity index (χ0v) is 17.9. The first-order chi connectivity index (χ1) is 11.6. The van der Waals surface area contributed by atoms with Crippen LogP contribution >= 0.6 is 24.0 Å². The van der Waals surface area contributed by atoms with Gasteiger partial charge >= 0.3 is 0 Å². The van der Waals surface area contributed by atoms with Crippen LogP contribution in [0.1, 0.15) is 37.7 Å². The van der Waals surface area contributed by atoms with Crippen LogP contribution in [0.2, 0.25) is 0 Å². The quantitative estimate of drug-likeness (QED) is 0.294. The molecule has 0 saturated carbocycles. The molecule has 0 atom stereocenters. The number of nitrogens with two attached hydrogens (primary N) is 1. The topological polar surface area (TPSA) is 54.1 Å². The van der Waals surface area contributed by atoms with Crippen molar-refractivity contribution >= 4 is 29.9 Å². The maximum absolute atomic E-state index is 6.15. The van der Waals surface area contributed by atoms with E-state index < -0.39 is 0 Å². The van der Waals surface area contributed by atoms with Crippen molar-refractivity contribution in [3.05, 3.63) is 29.8 Å². The molecule has 1 aliphatic rings. The summed E-state index contributed by atoms with van der Waals surface area (Å²) >= 11 is 0. The number of aliphatic imine (C=N–C) groups is 1. The lowest BCUT2D eigenvalue weighted by Crippen LogP contribution is -2.38. The Morgan fingerprint density at radius 3 is 2.36 bits per heavy atom. The normalized spacial score (nSPS) is 15.6. The summed E-state index contributed by atoms with van der Waals surface area (Å²) in [5.41, 5.74) is 7.31. The SMILES string of the molecule is CN(C)CCCOc1ccc(CN=C(N)N2CCCCCC2)cc1.I. The predicted octanol–water partition coefficient (Wildman–Crippen LogP) is 3.33. The summed E-state index contributed by atoms with van der Waals surface area (Å²) in [5.74, 6) is 1.60. The minimum Gasteiger partial charge on any atom is -0.494 e. The van der Waals surface area contributed by atoms with Crippen LogP contribution in [0.15, 0.2) is 29.3 Å². The summed E-state index contributed by atoms with van der Waals surface area (Å²) < 4.78 is 5.75. The second-order valence-corrected chi connectivity index (χ2v) is 6.72. The lowest BCUT2D eigenvalue weighted by molar-refractivity contribution is 0.281. The van der Waals surface area contributed by atoms with Crippen LogP contribution in [0, 0.1) is 0 Å². The number of rotatable bonds is 7. The van der Waals surface area contributed by atoms with E-state index in [0.29, 0.717) is 12.5 Å². The van der Waals surface area contributed by atoms with Crippen molar-refractivity contribution in [2.75, 3.05) is 40.3 Å². The summed E-state index contributed by atoms with van der Waals surface area (Å²) in [6, 6.07) is 8.17. The molecule has 1 aliphatic heterocycles. The summed E-state index contributed by atoms with van der Waals surface area (Å²) in [6.45, 7) is 4.49. The van der Waals surface area contributed by atoms with Gasteiger partial charge in [-0.25, -0.2) is 4.99 Å². The first kappa shape index (κ1) is 22.0. The first-order valence-electron chi connectivity index (χ1n) is 9.06. The van der Waals surface area contributed by atoms with Gasteiger partial charge in [-0.05, 0) is 51.1 Å². The molecule has 1 fully saturated rings. The monoisotopic (exact) mass is 460 g/mol. The fourth-order valence-electron chi connectivity index (χ4n) is 2.83. The van der Waals surface area contributed by atoms with Gasteiger partial charge in [0, 0.05) is 19.6 Å². The largest absolute Gasteiger partial charge is 0.494 e. The van der Waals surface area contributed by atoms with Crippen LogP contribution in [0.25, 0.3) is 0 Å². The van der Waals surface area contributed by atoms with Crippen LogP contribution in [-0.2, 0) is 6.54 Å². The number of halogens is 1. The Labute approximate surface area is 169 Å². The van der Waals surface area contributed by atoms with Crippen molar-refractivity contribution in [2.45, 2.75) is 38.6 Å². The van der Waals surface area contributed by atoms with Gasteiger partial charge in [0.15, 0.2) is 5.96 Å². The molecule has 1 heterocycles. The van der Waals surface area contributed by atoms with Crippen LogP contribution in [0.4, 0.5) is 0 Å². The van der Waals surface area contributed by atoms with E-state index in [9.17, 15) is 0 Å². The summed E-state index contributed by atoms with van der Waals surface area (Å²) in [5, 5.41) is 0. The molecule has 2 N–H and O–H groups in total. The highest BCUT2D eigenvalue weighted by Gasteiger charge is 2.10. The van der Waals surface area contributed by atoms with E-state index in [1.54, 1.807) is 0 Å². The summed E-state index contributed by atoms with van der Waals surface area (Å²) in [4.78, 5) is 8.94. The third kappa shape index (κ3) is 8.76. The number of nitrogens with zero attached hydrogens (tertiary/aromatic N) is 3. The highest BCUT2D eigenvalue weighted by Crippen LogP contribution is 2.14. The van der Waals surface area contributed by atoms with Crippen molar-refractivity contribution in [1.82, 2.24) is 9.80 Å². The van der Waals surface area contributed by atoms with Gasteiger partial charge in [-0.1, -0.05) is 25.0 Å². The van der Waals surface area contributed by atoms with Gasteiger partial charge in [0.2, 0.25) is 0 Å². The molecule has 0 spiro atoms. The van der Waals surface area contributed by atoms with Crippen LogP contribution < -0.4 is 10.5 Å². The lowest BCUT2D eigenvalue weighted by atomic mass is 10.2. The number of guanidine groups is 1. The molecule has 1 aromatic carbocycles. The van der Waals surface area contributed by atoms with E-state index in [-0.39, 0.29) is 24.0 Å². The predicted molar refractivity (Wildman–Crippen MR) is 116 cm³/mol. The Balaban J connectivity index is 0.00000312. The van der Waals surface area contributed by atoms with Crippen molar-refractivity contribution in [3.8, 4) is 5.75 Å². The van der Waals surface area contributed by atoms with E-state index in [2.05, 4.69) is 41.0 Å². The number of ether oxygens (including phenoxy) is 1.